The molecule has 0 fully saturated rings. The van der Waals surface area contributed by atoms with Crippen molar-refractivity contribution in [2.75, 3.05) is 5.73 Å². The second kappa shape index (κ2) is 4.43. The molecule has 0 spiro atoms. The number of rotatable bonds is 1. The highest BCUT2D eigenvalue weighted by molar-refractivity contribution is 7.13. The second-order valence-electron chi connectivity index (χ2n) is 4.49. The van der Waals surface area contributed by atoms with Crippen molar-refractivity contribution in [3.05, 3.63) is 17.3 Å². The van der Waals surface area contributed by atoms with Gasteiger partial charge in [0, 0.05) is 10.8 Å². The van der Waals surface area contributed by atoms with Crippen molar-refractivity contribution >= 4 is 29.6 Å². The van der Waals surface area contributed by atoms with Crippen LogP contribution in [0.2, 0.25) is 0 Å². The molecule has 0 aliphatic heterocycles. The van der Waals surface area contributed by atoms with E-state index < -0.39 is 0 Å². The van der Waals surface area contributed by atoms with Crippen LogP contribution in [0, 0.1) is 0 Å². The summed E-state index contributed by atoms with van der Waals surface area (Å²) in [7, 11) is 0. The summed E-state index contributed by atoms with van der Waals surface area (Å²) in [5.74, 6) is 0.574. The van der Waals surface area contributed by atoms with Gasteiger partial charge in [0.15, 0.2) is 0 Å². The molecular formula is C10H15ClN4S. The van der Waals surface area contributed by atoms with Crippen LogP contribution in [-0.4, -0.2) is 15.2 Å². The lowest BCUT2D eigenvalue weighted by atomic mass is 9.93. The van der Waals surface area contributed by atoms with E-state index in [9.17, 15) is 0 Å². The van der Waals surface area contributed by atoms with Gasteiger partial charge >= 0.3 is 0 Å². The number of H-pyrrole nitrogens is 1. The minimum Gasteiger partial charge on any atom is -0.383 e. The molecular weight excluding hydrogens is 244 g/mol. The zero-order chi connectivity index (χ0) is 11.1. The van der Waals surface area contributed by atoms with Gasteiger partial charge in [-0.2, -0.15) is 5.10 Å². The summed E-state index contributed by atoms with van der Waals surface area (Å²) in [4.78, 5) is 4.56. The molecule has 2 aromatic rings. The van der Waals surface area contributed by atoms with Crippen LogP contribution in [0.25, 0.3) is 10.6 Å². The third kappa shape index (κ3) is 2.36. The monoisotopic (exact) mass is 258 g/mol. The Morgan fingerprint density at radius 1 is 1.38 bits per heavy atom. The summed E-state index contributed by atoms with van der Waals surface area (Å²) in [5.41, 5.74) is 7.79. The van der Waals surface area contributed by atoms with Gasteiger partial charge in [-0.15, -0.1) is 23.7 Å². The van der Waals surface area contributed by atoms with Gasteiger partial charge in [0.05, 0.1) is 17.5 Å². The van der Waals surface area contributed by atoms with Gasteiger partial charge in [0.2, 0.25) is 0 Å². The molecule has 0 saturated carbocycles. The van der Waals surface area contributed by atoms with E-state index in [-0.39, 0.29) is 17.8 Å². The van der Waals surface area contributed by atoms with Crippen LogP contribution in [0.4, 0.5) is 5.82 Å². The zero-order valence-corrected chi connectivity index (χ0v) is 11.1. The molecule has 0 amide bonds. The van der Waals surface area contributed by atoms with E-state index in [4.69, 9.17) is 5.73 Å². The predicted octanol–water partition coefficient (Wildman–Crippen LogP) is 2.83. The van der Waals surface area contributed by atoms with Gasteiger partial charge < -0.3 is 5.73 Å². The van der Waals surface area contributed by atoms with E-state index in [1.54, 1.807) is 17.5 Å². The lowest BCUT2D eigenvalue weighted by molar-refractivity contribution is 0.573. The molecule has 0 atom stereocenters. The highest BCUT2D eigenvalue weighted by Crippen LogP contribution is 2.31. The molecule has 88 valence electrons. The standard InChI is InChI=1S/C10H14N4S.ClH/c1-10(2,3)7-5-15-9(13-7)6-4-12-14-8(6)11;/h4-5H,1-3H3,(H3,11,12,14);1H. The molecule has 0 aromatic carbocycles. The summed E-state index contributed by atoms with van der Waals surface area (Å²) >= 11 is 1.60. The Bertz CT molecular complexity index is 469. The number of nitrogen functional groups attached to an aromatic ring is 1. The molecule has 0 aliphatic carbocycles. The minimum atomic E-state index is 0. The number of thiazole rings is 1. The highest BCUT2D eigenvalue weighted by atomic mass is 35.5. The number of anilines is 1. The molecule has 0 saturated heterocycles. The number of hydrogen-bond acceptors (Lipinski definition) is 4. The number of nitrogens with zero attached hydrogens (tertiary/aromatic N) is 2. The van der Waals surface area contributed by atoms with Crippen molar-refractivity contribution in [1.29, 1.82) is 0 Å². The summed E-state index contributed by atoms with van der Waals surface area (Å²) in [5, 5.41) is 9.59. The molecule has 2 heterocycles. The van der Waals surface area contributed by atoms with E-state index in [1.807, 2.05) is 0 Å². The number of hydrogen-bond donors (Lipinski definition) is 2. The van der Waals surface area contributed by atoms with Crippen LogP contribution < -0.4 is 5.73 Å². The van der Waals surface area contributed by atoms with Gasteiger partial charge in [0.25, 0.3) is 0 Å². The van der Waals surface area contributed by atoms with E-state index >= 15 is 0 Å². The minimum absolute atomic E-state index is 0. The van der Waals surface area contributed by atoms with Crippen LogP contribution in [-0.2, 0) is 5.41 Å². The number of nitrogens with one attached hydrogen (secondary N) is 1. The topological polar surface area (TPSA) is 67.6 Å². The first-order valence-electron chi connectivity index (χ1n) is 4.73. The summed E-state index contributed by atoms with van der Waals surface area (Å²) in [6.45, 7) is 6.43. The first-order chi connectivity index (χ1) is 6.98. The van der Waals surface area contributed by atoms with Crippen LogP contribution >= 0.6 is 23.7 Å². The van der Waals surface area contributed by atoms with Crippen molar-refractivity contribution in [2.24, 2.45) is 0 Å². The highest BCUT2D eigenvalue weighted by Gasteiger charge is 2.18. The first-order valence-corrected chi connectivity index (χ1v) is 5.61. The molecule has 0 bridgehead atoms. The molecule has 16 heavy (non-hydrogen) atoms. The van der Waals surface area contributed by atoms with E-state index in [0.717, 1.165) is 16.3 Å². The zero-order valence-electron chi connectivity index (χ0n) is 9.44. The Kier molecular flexibility index (Phi) is 3.60. The van der Waals surface area contributed by atoms with E-state index in [2.05, 4.69) is 41.3 Å². The maximum atomic E-state index is 5.74. The summed E-state index contributed by atoms with van der Waals surface area (Å²) < 4.78 is 0. The van der Waals surface area contributed by atoms with Crippen molar-refractivity contribution in [1.82, 2.24) is 15.2 Å². The molecule has 0 unspecified atom stereocenters. The molecule has 6 heteroatoms. The smallest absolute Gasteiger partial charge is 0.129 e. The number of nitrogens with two attached hydrogens (primary N) is 1. The van der Waals surface area contributed by atoms with Gasteiger partial charge in [-0.1, -0.05) is 20.8 Å². The maximum absolute atomic E-state index is 5.74. The van der Waals surface area contributed by atoms with Crippen LogP contribution in [0.5, 0.6) is 0 Å². The molecule has 0 radical (unpaired) electrons. The largest absolute Gasteiger partial charge is 0.383 e. The van der Waals surface area contributed by atoms with E-state index in [0.29, 0.717) is 5.82 Å². The van der Waals surface area contributed by atoms with Crippen LogP contribution in [0.1, 0.15) is 26.5 Å². The van der Waals surface area contributed by atoms with Gasteiger partial charge in [0.1, 0.15) is 10.8 Å². The maximum Gasteiger partial charge on any atom is 0.129 e. The average molecular weight is 259 g/mol. The Labute approximate surface area is 105 Å². The fraction of sp³-hybridized carbons (Fsp3) is 0.400. The van der Waals surface area contributed by atoms with Crippen molar-refractivity contribution < 1.29 is 0 Å². The summed E-state index contributed by atoms with van der Waals surface area (Å²) in [6.07, 6.45) is 1.71. The van der Waals surface area contributed by atoms with E-state index in [1.165, 1.54) is 0 Å². The summed E-state index contributed by atoms with van der Waals surface area (Å²) in [6, 6.07) is 0. The Morgan fingerprint density at radius 3 is 2.50 bits per heavy atom. The first kappa shape index (κ1) is 13.0. The lowest BCUT2D eigenvalue weighted by Gasteiger charge is -2.14. The lowest BCUT2D eigenvalue weighted by Crippen LogP contribution is -2.11. The van der Waals surface area contributed by atoms with Crippen molar-refractivity contribution in [3.63, 3.8) is 0 Å². The number of aromatic nitrogens is 3. The fourth-order valence-electron chi connectivity index (χ4n) is 1.21. The predicted molar refractivity (Wildman–Crippen MR) is 70.1 cm³/mol. The van der Waals surface area contributed by atoms with Crippen molar-refractivity contribution in [3.8, 4) is 10.6 Å². The Hall–Kier alpha value is -1.07. The number of halogens is 1. The molecule has 0 aliphatic rings. The molecule has 2 aromatic heterocycles. The second-order valence-corrected chi connectivity index (χ2v) is 5.34. The normalized spacial score (nSPS) is 11.2. The van der Waals surface area contributed by atoms with Gasteiger partial charge in [-0.3, -0.25) is 5.10 Å². The van der Waals surface area contributed by atoms with Crippen molar-refractivity contribution in [2.45, 2.75) is 26.2 Å². The average Bonchev–Trinajstić information content (AvgIpc) is 2.69. The van der Waals surface area contributed by atoms with Gasteiger partial charge in [-0.05, 0) is 0 Å². The fourth-order valence-corrected chi connectivity index (χ4v) is 2.28. The third-order valence-corrected chi connectivity index (χ3v) is 3.05. The quantitative estimate of drug-likeness (QED) is 0.827. The van der Waals surface area contributed by atoms with Crippen LogP contribution in [0.3, 0.4) is 0 Å². The van der Waals surface area contributed by atoms with Gasteiger partial charge in [-0.25, -0.2) is 4.98 Å². The molecule has 3 N–H and O–H groups in total. The molecule has 4 nitrogen and oxygen atoms in total. The third-order valence-electron chi connectivity index (χ3n) is 2.17. The Morgan fingerprint density at radius 2 is 2.06 bits per heavy atom. The number of aromatic amines is 1. The van der Waals surface area contributed by atoms with Crippen LogP contribution in [0.15, 0.2) is 11.6 Å². The SMILES string of the molecule is CC(C)(C)c1csc(-c2cn[nH]c2N)n1.Cl. The Balaban J connectivity index is 0.00000128. The molecule has 2 rings (SSSR count).